The fourth-order valence-corrected chi connectivity index (χ4v) is 1.09. The minimum Gasteiger partial charge on any atom is -0.399 e. The lowest BCUT2D eigenvalue weighted by atomic mass is 10.3. The van der Waals surface area contributed by atoms with Gasteiger partial charge in [0.15, 0.2) is 0 Å². The second-order valence-electron chi connectivity index (χ2n) is 3.08. The lowest BCUT2D eigenvalue weighted by Crippen LogP contribution is -2.26. The van der Waals surface area contributed by atoms with Crippen LogP contribution in [0.25, 0.3) is 0 Å². The van der Waals surface area contributed by atoms with Crippen molar-refractivity contribution in [3.63, 3.8) is 0 Å². The molecule has 0 aliphatic rings. The van der Waals surface area contributed by atoms with Crippen LogP contribution in [-0.2, 0) is 4.79 Å². The predicted molar refractivity (Wildman–Crippen MR) is 62.2 cm³/mol. The number of rotatable bonds is 5. The van der Waals surface area contributed by atoms with Crippen molar-refractivity contribution in [3.8, 4) is 0 Å². The number of hydrazine groups is 1. The molecule has 6 heteroatoms. The maximum atomic E-state index is 10.2. The average Bonchev–Trinajstić information content (AvgIpc) is 2.30. The van der Waals surface area contributed by atoms with Crippen LogP contribution in [0.5, 0.6) is 0 Å². The van der Waals surface area contributed by atoms with E-state index in [2.05, 4.69) is 5.32 Å². The lowest BCUT2D eigenvalue weighted by Gasteiger charge is -2.14. The zero-order chi connectivity index (χ0) is 12.0. The maximum absolute atomic E-state index is 10.2. The van der Waals surface area contributed by atoms with Gasteiger partial charge in [-0.3, -0.25) is 9.80 Å². The Hall–Kier alpha value is -2.05. The smallest absolute Gasteiger partial charge is 0.211 e. The summed E-state index contributed by atoms with van der Waals surface area (Å²) >= 11 is 0. The van der Waals surface area contributed by atoms with Gasteiger partial charge >= 0.3 is 0 Å². The molecule has 86 valence electrons. The van der Waals surface area contributed by atoms with Gasteiger partial charge in [-0.15, -0.1) is 0 Å². The van der Waals surface area contributed by atoms with Crippen LogP contribution in [0.1, 0.15) is 0 Å². The third-order valence-corrected chi connectivity index (χ3v) is 1.88. The normalized spacial score (nSPS) is 11.0. The van der Waals surface area contributed by atoms with Gasteiger partial charge in [0, 0.05) is 11.9 Å². The molecule has 1 aromatic carbocycles. The molecule has 0 saturated heterocycles. The summed E-state index contributed by atoms with van der Waals surface area (Å²) in [6.07, 6.45) is 2.01. The molecule has 0 spiro atoms. The van der Waals surface area contributed by atoms with E-state index >= 15 is 0 Å². The number of nitrogens with one attached hydrogen (secondary N) is 1. The highest BCUT2D eigenvalue weighted by Gasteiger charge is 1.99. The van der Waals surface area contributed by atoms with Gasteiger partial charge in [0.25, 0.3) is 0 Å². The Balaban J connectivity index is 2.77. The Morgan fingerprint density at radius 2 is 2.06 bits per heavy atom. The fraction of sp³-hybridized carbons (Fsp3) is 0.100. The van der Waals surface area contributed by atoms with E-state index in [9.17, 15) is 4.79 Å². The quantitative estimate of drug-likeness (QED) is 0.312. The summed E-state index contributed by atoms with van der Waals surface area (Å²) in [5, 5.41) is 12.5. The molecule has 6 N–H and O–H groups in total. The van der Waals surface area contributed by atoms with Crippen LogP contribution < -0.4 is 21.9 Å². The van der Waals surface area contributed by atoms with E-state index in [0.717, 1.165) is 0 Å². The van der Waals surface area contributed by atoms with Gasteiger partial charge in [-0.25, -0.2) is 5.84 Å². The van der Waals surface area contributed by atoms with Crippen LogP contribution in [0.2, 0.25) is 0 Å². The van der Waals surface area contributed by atoms with Gasteiger partial charge in [-0.2, -0.15) is 0 Å². The molecule has 0 bridgehead atoms. The highest BCUT2D eigenvalue weighted by atomic mass is 16.3. The average molecular weight is 222 g/mol. The first-order valence-corrected chi connectivity index (χ1v) is 4.58. The van der Waals surface area contributed by atoms with Crippen LogP contribution in [0.4, 0.5) is 11.4 Å². The van der Waals surface area contributed by atoms with Crippen LogP contribution >= 0.6 is 0 Å². The standard InChI is InChI=1S/C10H14N4O2/c11-8(6-15)5-14(12)10-3-1-9(2-4-10)13-7-16/h1-5,7,15H,6,11-12H2,(H,13,16)/b8-5-. The number of anilines is 2. The summed E-state index contributed by atoms with van der Waals surface area (Å²) in [4.78, 5) is 10.2. The highest BCUT2D eigenvalue weighted by molar-refractivity contribution is 5.72. The largest absolute Gasteiger partial charge is 0.399 e. The minimum atomic E-state index is -0.252. The topological polar surface area (TPSA) is 105 Å². The first-order valence-electron chi connectivity index (χ1n) is 4.58. The number of hydrogen-bond donors (Lipinski definition) is 4. The highest BCUT2D eigenvalue weighted by Crippen LogP contribution is 2.15. The number of carbonyl (C=O) groups excluding carboxylic acids is 1. The molecule has 16 heavy (non-hydrogen) atoms. The summed E-state index contributed by atoms with van der Waals surface area (Å²) < 4.78 is 0. The van der Waals surface area contributed by atoms with E-state index in [0.29, 0.717) is 17.8 Å². The number of amides is 1. The third-order valence-electron chi connectivity index (χ3n) is 1.88. The Labute approximate surface area is 93.1 Å². The van der Waals surface area contributed by atoms with Crippen LogP contribution in [0.3, 0.4) is 0 Å². The molecular weight excluding hydrogens is 208 g/mol. The van der Waals surface area contributed by atoms with Gasteiger partial charge < -0.3 is 16.2 Å². The van der Waals surface area contributed by atoms with Crippen molar-refractivity contribution < 1.29 is 9.90 Å². The lowest BCUT2D eigenvalue weighted by molar-refractivity contribution is -0.105. The molecule has 0 aromatic heterocycles. The van der Waals surface area contributed by atoms with Gasteiger partial charge in [0.2, 0.25) is 6.41 Å². The van der Waals surface area contributed by atoms with E-state index in [1.807, 2.05) is 0 Å². The van der Waals surface area contributed by atoms with Crippen molar-refractivity contribution in [2.24, 2.45) is 11.6 Å². The van der Waals surface area contributed by atoms with Gasteiger partial charge in [-0.1, -0.05) is 0 Å². The number of benzene rings is 1. The number of aliphatic hydroxyl groups excluding tert-OH is 1. The van der Waals surface area contributed by atoms with Crippen molar-refractivity contribution in [2.45, 2.75) is 0 Å². The number of nitrogens with zero attached hydrogens (tertiary/aromatic N) is 1. The van der Waals surface area contributed by atoms with Crippen molar-refractivity contribution in [2.75, 3.05) is 16.9 Å². The van der Waals surface area contributed by atoms with Crippen molar-refractivity contribution in [1.82, 2.24) is 0 Å². The summed E-state index contributed by atoms with van der Waals surface area (Å²) in [6, 6.07) is 6.83. The van der Waals surface area contributed by atoms with Crippen molar-refractivity contribution >= 4 is 17.8 Å². The van der Waals surface area contributed by atoms with Crippen molar-refractivity contribution in [3.05, 3.63) is 36.2 Å². The molecule has 0 fully saturated rings. The second-order valence-corrected chi connectivity index (χ2v) is 3.08. The Bertz CT molecular complexity index is 375. The number of hydrogen-bond acceptors (Lipinski definition) is 5. The molecule has 0 heterocycles. The molecule has 1 amide bonds. The van der Waals surface area contributed by atoms with Crippen LogP contribution in [-0.4, -0.2) is 18.1 Å². The van der Waals surface area contributed by atoms with Crippen LogP contribution in [0, 0.1) is 0 Å². The summed E-state index contributed by atoms with van der Waals surface area (Å²) in [7, 11) is 0. The Morgan fingerprint density at radius 3 is 2.56 bits per heavy atom. The van der Waals surface area contributed by atoms with Gasteiger partial charge in [0.05, 0.1) is 18.0 Å². The number of nitrogens with two attached hydrogens (primary N) is 2. The maximum Gasteiger partial charge on any atom is 0.211 e. The third kappa shape index (κ3) is 3.26. The Morgan fingerprint density at radius 1 is 1.44 bits per heavy atom. The fourth-order valence-electron chi connectivity index (χ4n) is 1.09. The van der Waals surface area contributed by atoms with Gasteiger partial charge in [-0.05, 0) is 24.3 Å². The van der Waals surface area contributed by atoms with Crippen LogP contribution in [0.15, 0.2) is 36.2 Å². The monoisotopic (exact) mass is 222 g/mol. The molecule has 6 nitrogen and oxygen atoms in total. The molecule has 0 aliphatic carbocycles. The van der Waals surface area contributed by atoms with Gasteiger partial charge in [0.1, 0.15) is 0 Å². The van der Waals surface area contributed by atoms with E-state index in [4.69, 9.17) is 16.7 Å². The van der Waals surface area contributed by atoms with Crippen molar-refractivity contribution in [1.29, 1.82) is 0 Å². The Kier molecular flexibility index (Phi) is 4.31. The number of carbonyl (C=O) groups is 1. The molecule has 0 unspecified atom stereocenters. The van der Waals surface area contributed by atoms with E-state index in [-0.39, 0.29) is 12.3 Å². The second kappa shape index (κ2) is 5.74. The van der Waals surface area contributed by atoms with E-state index in [1.165, 1.54) is 11.2 Å². The minimum absolute atomic E-state index is 0.252. The molecule has 0 saturated carbocycles. The molecule has 0 radical (unpaired) electrons. The molecule has 1 aromatic rings. The summed E-state index contributed by atoms with van der Waals surface area (Å²) in [6.45, 7) is -0.252. The predicted octanol–water partition coefficient (Wildman–Crippen LogP) is -0.273. The number of aliphatic hydroxyl groups is 1. The summed E-state index contributed by atoms with van der Waals surface area (Å²) in [5.74, 6) is 5.67. The molecule has 0 atom stereocenters. The zero-order valence-corrected chi connectivity index (χ0v) is 8.63. The summed E-state index contributed by atoms with van der Waals surface area (Å²) in [5.41, 5.74) is 7.04. The SMILES string of the molecule is N/C(=C\N(N)c1ccc(NC=O)cc1)CO. The first-order chi connectivity index (χ1) is 7.67. The first kappa shape index (κ1) is 12.0. The molecular formula is C10H14N4O2. The van der Waals surface area contributed by atoms with E-state index in [1.54, 1.807) is 24.3 Å². The molecule has 0 aliphatic heterocycles. The van der Waals surface area contributed by atoms with E-state index < -0.39 is 0 Å². The zero-order valence-electron chi connectivity index (χ0n) is 8.63. The molecule has 1 rings (SSSR count).